The minimum Gasteiger partial charge on any atom is -0.399 e. The van der Waals surface area contributed by atoms with Crippen LogP contribution in [0, 0.1) is 0 Å². The first kappa shape index (κ1) is 13.6. The van der Waals surface area contributed by atoms with Crippen LogP contribution in [0.4, 0.5) is 0 Å². The second-order valence-corrected chi connectivity index (χ2v) is 6.26. The molecule has 0 radical (unpaired) electrons. The predicted octanol–water partition coefficient (Wildman–Crippen LogP) is 1.62. The van der Waals surface area contributed by atoms with Crippen LogP contribution in [0.5, 0.6) is 0 Å². The van der Waals surface area contributed by atoms with Gasteiger partial charge in [0.2, 0.25) is 0 Å². The highest BCUT2D eigenvalue weighted by Gasteiger charge is 2.53. The van der Waals surface area contributed by atoms with Crippen LogP contribution < -0.4 is 10.8 Å². The van der Waals surface area contributed by atoms with Crippen LogP contribution in [0.25, 0.3) is 0 Å². The highest BCUT2D eigenvalue weighted by atomic mass is 16.7. The van der Waals surface area contributed by atoms with Gasteiger partial charge in [0.05, 0.1) is 11.2 Å². The fourth-order valence-electron chi connectivity index (χ4n) is 2.84. The van der Waals surface area contributed by atoms with Gasteiger partial charge in [-0.15, -0.1) is 0 Å². The van der Waals surface area contributed by atoms with E-state index < -0.39 is 0 Å². The van der Waals surface area contributed by atoms with Crippen LogP contribution in [0.1, 0.15) is 50.0 Å². The molecule has 0 saturated carbocycles. The summed E-state index contributed by atoms with van der Waals surface area (Å²) in [6, 6.07) is 5.79. The van der Waals surface area contributed by atoms with E-state index in [-0.39, 0.29) is 24.2 Å². The molecule has 1 amide bonds. The molecular formula is C15H20BNO3. The summed E-state index contributed by atoms with van der Waals surface area (Å²) in [5.41, 5.74) is 2.11. The molecule has 3 rings (SSSR count). The number of amides is 1. The standard InChI is InChI=1S/C15H20BNO3/c1-5-15(4)14(2,3)19-16(20-15)11-6-7-12-10(8-11)9-17-13(12)18/h6-8H,5,9H2,1-4H3,(H,17,18). The lowest BCUT2D eigenvalue weighted by atomic mass is 9.78. The number of nitrogens with one attached hydrogen (secondary N) is 1. The van der Waals surface area contributed by atoms with Crippen LogP contribution in [0.15, 0.2) is 18.2 Å². The summed E-state index contributed by atoms with van der Waals surface area (Å²) >= 11 is 0. The molecule has 1 atom stereocenters. The van der Waals surface area contributed by atoms with E-state index in [4.69, 9.17) is 9.31 Å². The number of benzene rings is 1. The number of carbonyl (C=O) groups excluding carboxylic acids is 1. The Bertz CT molecular complexity index is 572. The van der Waals surface area contributed by atoms with E-state index in [1.54, 1.807) is 0 Å². The summed E-state index contributed by atoms with van der Waals surface area (Å²) in [5, 5.41) is 2.83. The molecule has 1 N–H and O–H groups in total. The Morgan fingerprint density at radius 3 is 2.70 bits per heavy atom. The van der Waals surface area contributed by atoms with Gasteiger partial charge in [0.25, 0.3) is 5.91 Å². The molecular weight excluding hydrogens is 253 g/mol. The molecule has 1 aromatic rings. The first-order chi connectivity index (χ1) is 9.36. The lowest BCUT2D eigenvalue weighted by Crippen LogP contribution is -2.44. The molecule has 2 aliphatic rings. The van der Waals surface area contributed by atoms with Crippen molar-refractivity contribution >= 4 is 18.5 Å². The number of rotatable bonds is 2. The Hall–Kier alpha value is -1.33. The van der Waals surface area contributed by atoms with Crippen molar-refractivity contribution in [1.29, 1.82) is 0 Å². The molecule has 0 aliphatic carbocycles. The molecule has 20 heavy (non-hydrogen) atoms. The van der Waals surface area contributed by atoms with Gasteiger partial charge in [-0.05, 0) is 44.3 Å². The summed E-state index contributed by atoms with van der Waals surface area (Å²) < 4.78 is 12.3. The van der Waals surface area contributed by atoms with Gasteiger partial charge >= 0.3 is 7.12 Å². The molecule has 1 unspecified atom stereocenters. The highest BCUT2D eigenvalue weighted by Crippen LogP contribution is 2.39. The minimum absolute atomic E-state index is 0.00136. The molecule has 5 heteroatoms. The first-order valence-corrected chi connectivity index (χ1v) is 7.13. The van der Waals surface area contributed by atoms with Crippen LogP contribution in [-0.2, 0) is 15.9 Å². The Balaban J connectivity index is 1.91. The van der Waals surface area contributed by atoms with E-state index in [1.807, 2.05) is 18.2 Å². The summed E-state index contributed by atoms with van der Waals surface area (Å²) in [7, 11) is -0.365. The van der Waals surface area contributed by atoms with Crippen LogP contribution in [-0.4, -0.2) is 24.2 Å². The van der Waals surface area contributed by atoms with Gasteiger partial charge in [-0.3, -0.25) is 4.79 Å². The van der Waals surface area contributed by atoms with Gasteiger partial charge in [-0.1, -0.05) is 19.1 Å². The van der Waals surface area contributed by atoms with Gasteiger partial charge in [0.1, 0.15) is 0 Å². The van der Waals surface area contributed by atoms with Crippen molar-refractivity contribution in [3.63, 3.8) is 0 Å². The van der Waals surface area contributed by atoms with Gasteiger partial charge < -0.3 is 14.6 Å². The van der Waals surface area contributed by atoms with E-state index in [2.05, 4.69) is 33.0 Å². The molecule has 1 fully saturated rings. The van der Waals surface area contributed by atoms with Crippen LogP contribution in [0.2, 0.25) is 0 Å². The summed E-state index contributed by atoms with van der Waals surface area (Å²) in [6.07, 6.45) is 0.890. The number of carbonyl (C=O) groups is 1. The molecule has 0 aromatic heterocycles. The average molecular weight is 273 g/mol. The SMILES string of the molecule is CCC1(C)OB(c2ccc3c(c2)CNC3=O)OC1(C)C. The Kier molecular flexibility index (Phi) is 2.96. The maximum atomic E-state index is 11.6. The highest BCUT2D eigenvalue weighted by molar-refractivity contribution is 6.62. The van der Waals surface area contributed by atoms with Gasteiger partial charge in [0.15, 0.2) is 0 Å². The number of hydrogen-bond donors (Lipinski definition) is 1. The Morgan fingerprint density at radius 2 is 2.05 bits per heavy atom. The zero-order valence-electron chi connectivity index (χ0n) is 12.4. The van der Waals surface area contributed by atoms with Gasteiger partial charge in [0, 0.05) is 12.1 Å². The zero-order valence-corrected chi connectivity index (χ0v) is 12.4. The average Bonchev–Trinajstić information content (AvgIpc) is 2.89. The summed E-state index contributed by atoms with van der Waals surface area (Å²) in [5.74, 6) is -0.00136. The molecule has 0 bridgehead atoms. The van der Waals surface area contributed by atoms with Crippen molar-refractivity contribution in [3.05, 3.63) is 29.3 Å². The third-order valence-corrected chi connectivity index (χ3v) is 4.80. The fourth-order valence-corrected chi connectivity index (χ4v) is 2.84. The van der Waals surface area contributed by atoms with Crippen LogP contribution in [0.3, 0.4) is 0 Å². The topological polar surface area (TPSA) is 47.6 Å². The summed E-state index contributed by atoms with van der Waals surface area (Å²) in [6.45, 7) is 8.91. The lowest BCUT2D eigenvalue weighted by Gasteiger charge is -2.35. The fraction of sp³-hybridized carbons (Fsp3) is 0.533. The van der Waals surface area contributed by atoms with Crippen molar-refractivity contribution < 1.29 is 14.1 Å². The first-order valence-electron chi connectivity index (χ1n) is 7.13. The normalized spacial score (nSPS) is 27.6. The largest absolute Gasteiger partial charge is 0.494 e. The molecule has 1 saturated heterocycles. The third kappa shape index (κ3) is 1.88. The van der Waals surface area contributed by atoms with Gasteiger partial charge in [-0.25, -0.2) is 0 Å². The smallest absolute Gasteiger partial charge is 0.399 e. The van der Waals surface area contributed by atoms with E-state index in [0.717, 1.165) is 23.0 Å². The lowest BCUT2D eigenvalue weighted by molar-refractivity contribution is -0.0118. The predicted molar refractivity (Wildman–Crippen MR) is 77.9 cm³/mol. The summed E-state index contributed by atoms with van der Waals surface area (Å²) in [4.78, 5) is 11.6. The number of fused-ring (bicyclic) bond motifs is 1. The van der Waals surface area contributed by atoms with E-state index in [0.29, 0.717) is 6.54 Å². The molecule has 106 valence electrons. The van der Waals surface area contributed by atoms with Crippen molar-refractivity contribution in [3.8, 4) is 0 Å². The molecule has 4 nitrogen and oxygen atoms in total. The van der Waals surface area contributed by atoms with Crippen molar-refractivity contribution in [2.75, 3.05) is 0 Å². The van der Waals surface area contributed by atoms with Crippen LogP contribution >= 0.6 is 0 Å². The molecule has 2 aliphatic heterocycles. The van der Waals surface area contributed by atoms with Gasteiger partial charge in [-0.2, -0.15) is 0 Å². The zero-order chi connectivity index (χ0) is 14.5. The second kappa shape index (κ2) is 4.33. The maximum Gasteiger partial charge on any atom is 0.494 e. The van der Waals surface area contributed by atoms with Crippen molar-refractivity contribution in [2.45, 2.75) is 51.9 Å². The third-order valence-electron chi connectivity index (χ3n) is 4.80. The minimum atomic E-state index is -0.365. The molecule has 1 aromatic carbocycles. The van der Waals surface area contributed by atoms with Crippen molar-refractivity contribution in [2.24, 2.45) is 0 Å². The quantitative estimate of drug-likeness (QED) is 0.833. The monoisotopic (exact) mass is 273 g/mol. The van der Waals surface area contributed by atoms with E-state index in [9.17, 15) is 4.79 Å². The van der Waals surface area contributed by atoms with E-state index >= 15 is 0 Å². The molecule has 0 spiro atoms. The number of hydrogen-bond acceptors (Lipinski definition) is 3. The van der Waals surface area contributed by atoms with E-state index in [1.165, 1.54) is 0 Å². The Morgan fingerprint density at radius 1 is 1.30 bits per heavy atom. The molecule has 2 heterocycles. The Labute approximate surface area is 120 Å². The van der Waals surface area contributed by atoms with Crippen molar-refractivity contribution in [1.82, 2.24) is 5.32 Å². The maximum absolute atomic E-state index is 11.6. The second-order valence-electron chi connectivity index (χ2n) is 6.26.